The Kier molecular flexibility index (Phi) is 4.28. The number of rotatable bonds is 3. The normalized spacial score (nSPS) is 19.3. The summed E-state index contributed by atoms with van der Waals surface area (Å²) in [7, 11) is 5.89. The lowest BCUT2D eigenvalue weighted by atomic mass is 10.0. The molecule has 0 bridgehead atoms. The first-order valence-corrected chi connectivity index (χ1v) is 6.65. The van der Waals surface area contributed by atoms with E-state index >= 15 is 0 Å². The van der Waals surface area contributed by atoms with Crippen LogP contribution in [0, 0.1) is 11.3 Å². The van der Waals surface area contributed by atoms with Gasteiger partial charge in [0.25, 0.3) is 0 Å². The lowest BCUT2D eigenvalue weighted by molar-refractivity contribution is 0.258. The van der Waals surface area contributed by atoms with Crippen LogP contribution in [0.2, 0.25) is 0 Å². The molecule has 1 aromatic rings. The molecule has 1 aliphatic heterocycles. The smallest absolute Gasteiger partial charge is 0.121 e. The van der Waals surface area contributed by atoms with Gasteiger partial charge in [-0.1, -0.05) is 0 Å². The van der Waals surface area contributed by atoms with E-state index in [-0.39, 0.29) is 0 Å². The molecular weight excluding hydrogens is 238 g/mol. The predicted molar refractivity (Wildman–Crippen MR) is 76.6 cm³/mol. The fraction of sp³-hybridized carbons (Fsp3) is 0.533. The summed E-state index contributed by atoms with van der Waals surface area (Å²) in [6, 6.07) is 8.48. The zero-order chi connectivity index (χ0) is 13.8. The summed E-state index contributed by atoms with van der Waals surface area (Å²) in [5, 5.41) is 9.26. The molecule has 0 radical (unpaired) electrons. The van der Waals surface area contributed by atoms with Crippen LogP contribution in [-0.2, 0) is 0 Å². The number of benzene rings is 1. The first-order chi connectivity index (χ1) is 9.15. The van der Waals surface area contributed by atoms with E-state index < -0.39 is 0 Å². The molecular formula is C15H21N3O. The van der Waals surface area contributed by atoms with Crippen LogP contribution in [0.15, 0.2) is 18.2 Å². The summed E-state index contributed by atoms with van der Waals surface area (Å²) in [5.41, 5.74) is 1.72. The van der Waals surface area contributed by atoms with E-state index in [1.54, 1.807) is 7.11 Å². The Morgan fingerprint density at radius 3 is 2.84 bits per heavy atom. The van der Waals surface area contributed by atoms with Gasteiger partial charge in [-0.2, -0.15) is 5.26 Å². The lowest BCUT2D eigenvalue weighted by Gasteiger charge is -2.37. The molecule has 4 heteroatoms. The number of nitriles is 1. The molecule has 0 aromatic heterocycles. The van der Waals surface area contributed by atoms with Gasteiger partial charge in [-0.05, 0) is 39.1 Å². The van der Waals surface area contributed by atoms with Gasteiger partial charge in [0.05, 0.1) is 18.4 Å². The number of methoxy groups -OCH3 is 1. The fourth-order valence-electron chi connectivity index (χ4n) is 2.59. The van der Waals surface area contributed by atoms with Gasteiger partial charge in [0.15, 0.2) is 0 Å². The van der Waals surface area contributed by atoms with Gasteiger partial charge in [0, 0.05) is 25.2 Å². The lowest BCUT2D eigenvalue weighted by Crippen LogP contribution is -2.45. The maximum atomic E-state index is 9.26. The highest BCUT2D eigenvalue weighted by Crippen LogP contribution is 2.28. The quantitative estimate of drug-likeness (QED) is 0.833. The number of ether oxygens (including phenoxy) is 1. The molecule has 1 saturated heterocycles. The number of anilines is 1. The van der Waals surface area contributed by atoms with Crippen molar-refractivity contribution in [2.24, 2.45) is 0 Å². The van der Waals surface area contributed by atoms with Crippen molar-refractivity contribution in [3.8, 4) is 11.8 Å². The third-order valence-corrected chi connectivity index (χ3v) is 3.79. The van der Waals surface area contributed by atoms with Gasteiger partial charge in [0.1, 0.15) is 11.8 Å². The van der Waals surface area contributed by atoms with Crippen molar-refractivity contribution in [1.29, 1.82) is 5.26 Å². The molecule has 2 rings (SSSR count). The van der Waals surface area contributed by atoms with Gasteiger partial charge in [-0.25, -0.2) is 0 Å². The Balaban J connectivity index is 2.27. The van der Waals surface area contributed by atoms with Crippen molar-refractivity contribution < 1.29 is 4.74 Å². The van der Waals surface area contributed by atoms with Crippen LogP contribution >= 0.6 is 0 Å². The molecule has 1 unspecified atom stereocenters. The van der Waals surface area contributed by atoms with E-state index in [2.05, 4.69) is 30.0 Å². The second-order valence-electron chi connectivity index (χ2n) is 5.20. The van der Waals surface area contributed by atoms with Crippen molar-refractivity contribution in [2.75, 3.05) is 39.2 Å². The molecule has 4 nitrogen and oxygen atoms in total. The molecule has 1 aliphatic rings. The minimum Gasteiger partial charge on any atom is -0.497 e. The third kappa shape index (κ3) is 2.99. The average molecular weight is 259 g/mol. The molecule has 0 amide bonds. The van der Waals surface area contributed by atoms with Crippen molar-refractivity contribution in [3.63, 3.8) is 0 Å². The number of likely N-dealkylation sites (N-methyl/N-ethyl adjacent to an activating group) is 1. The first kappa shape index (κ1) is 13.7. The Bertz CT molecular complexity index is 479. The van der Waals surface area contributed by atoms with Crippen LogP contribution in [0.4, 0.5) is 5.69 Å². The van der Waals surface area contributed by atoms with Crippen molar-refractivity contribution in [2.45, 2.75) is 18.9 Å². The zero-order valence-electron chi connectivity index (χ0n) is 11.9. The molecule has 19 heavy (non-hydrogen) atoms. The molecule has 1 atom stereocenters. The maximum absolute atomic E-state index is 9.26. The van der Waals surface area contributed by atoms with Crippen molar-refractivity contribution in [1.82, 2.24) is 4.90 Å². The van der Waals surface area contributed by atoms with Crippen LogP contribution in [0.3, 0.4) is 0 Å². The zero-order valence-corrected chi connectivity index (χ0v) is 11.9. The summed E-state index contributed by atoms with van der Waals surface area (Å²) in [6.45, 7) is 1.97. The molecule has 0 aliphatic carbocycles. The number of hydrogen-bond acceptors (Lipinski definition) is 4. The van der Waals surface area contributed by atoms with E-state index in [9.17, 15) is 5.26 Å². The van der Waals surface area contributed by atoms with Crippen LogP contribution in [0.5, 0.6) is 5.75 Å². The number of piperidine rings is 1. The molecule has 1 heterocycles. The first-order valence-electron chi connectivity index (χ1n) is 6.65. The minimum absolute atomic E-state index is 0.548. The number of nitrogens with zero attached hydrogens (tertiary/aromatic N) is 3. The van der Waals surface area contributed by atoms with Crippen LogP contribution in [-0.4, -0.2) is 45.2 Å². The molecule has 0 N–H and O–H groups in total. The highest BCUT2D eigenvalue weighted by molar-refractivity contribution is 5.62. The summed E-state index contributed by atoms with van der Waals surface area (Å²) >= 11 is 0. The second-order valence-corrected chi connectivity index (χ2v) is 5.20. The summed E-state index contributed by atoms with van der Waals surface area (Å²) in [4.78, 5) is 4.56. The minimum atomic E-state index is 0.548. The Morgan fingerprint density at radius 2 is 2.21 bits per heavy atom. The van der Waals surface area contributed by atoms with Crippen molar-refractivity contribution in [3.05, 3.63) is 23.8 Å². The standard InChI is InChI=1S/C15H21N3O/c1-17(2)13-5-4-8-18(11-13)15-9-14(19-3)7-6-12(15)10-16/h6-7,9,13H,4-5,8,11H2,1-3H3. The van der Waals surface area contributed by atoms with Gasteiger partial charge in [0.2, 0.25) is 0 Å². The van der Waals surface area contributed by atoms with E-state index in [1.165, 1.54) is 6.42 Å². The van der Waals surface area contributed by atoms with Gasteiger partial charge in [-0.15, -0.1) is 0 Å². The molecule has 102 valence electrons. The number of hydrogen-bond donors (Lipinski definition) is 0. The van der Waals surface area contributed by atoms with E-state index in [4.69, 9.17) is 4.74 Å². The largest absolute Gasteiger partial charge is 0.497 e. The Hall–Kier alpha value is -1.73. The van der Waals surface area contributed by atoms with Gasteiger partial charge in [-0.3, -0.25) is 0 Å². The predicted octanol–water partition coefficient (Wildman–Crippen LogP) is 2.10. The fourth-order valence-corrected chi connectivity index (χ4v) is 2.59. The Morgan fingerprint density at radius 1 is 1.42 bits per heavy atom. The van der Waals surface area contributed by atoms with Crippen LogP contribution in [0.25, 0.3) is 0 Å². The summed E-state index contributed by atoms with van der Waals surface area (Å²) < 4.78 is 5.27. The molecule has 0 spiro atoms. The second kappa shape index (κ2) is 5.94. The van der Waals surface area contributed by atoms with Gasteiger partial charge >= 0.3 is 0 Å². The molecule has 1 aromatic carbocycles. The maximum Gasteiger partial charge on any atom is 0.121 e. The topological polar surface area (TPSA) is 39.5 Å². The molecule has 0 saturated carbocycles. The average Bonchev–Trinajstić information content (AvgIpc) is 2.46. The monoisotopic (exact) mass is 259 g/mol. The highest BCUT2D eigenvalue weighted by Gasteiger charge is 2.23. The summed E-state index contributed by atoms with van der Waals surface area (Å²) in [6.07, 6.45) is 2.38. The SMILES string of the molecule is COc1ccc(C#N)c(N2CCCC(N(C)C)C2)c1. The summed E-state index contributed by atoms with van der Waals surface area (Å²) in [5.74, 6) is 0.806. The van der Waals surface area contributed by atoms with Crippen molar-refractivity contribution >= 4 is 5.69 Å². The third-order valence-electron chi connectivity index (χ3n) is 3.79. The highest BCUT2D eigenvalue weighted by atomic mass is 16.5. The van der Waals surface area contributed by atoms with Gasteiger partial charge < -0.3 is 14.5 Å². The van der Waals surface area contributed by atoms with E-state index in [0.29, 0.717) is 6.04 Å². The van der Waals surface area contributed by atoms with E-state index in [0.717, 1.165) is 36.5 Å². The van der Waals surface area contributed by atoms with Crippen LogP contribution in [0.1, 0.15) is 18.4 Å². The molecule has 1 fully saturated rings. The van der Waals surface area contributed by atoms with E-state index in [1.807, 2.05) is 18.2 Å². The van der Waals surface area contributed by atoms with Crippen LogP contribution < -0.4 is 9.64 Å². The Labute approximate surface area is 115 Å².